The van der Waals surface area contributed by atoms with Crippen molar-refractivity contribution in [2.45, 2.75) is 6.04 Å². The van der Waals surface area contributed by atoms with Gasteiger partial charge >= 0.3 is 0 Å². The highest BCUT2D eigenvalue weighted by molar-refractivity contribution is 5.42. The van der Waals surface area contributed by atoms with Crippen LogP contribution < -0.4 is 11.1 Å². The summed E-state index contributed by atoms with van der Waals surface area (Å²) in [5, 5.41) is 3.22. The highest BCUT2D eigenvalue weighted by atomic mass is 16.5. The van der Waals surface area contributed by atoms with Crippen molar-refractivity contribution in [1.29, 1.82) is 0 Å². The van der Waals surface area contributed by atoms with E-state index >= 15 is 0 Å². The molecule has 0 aliphatic carbocycles. The van der Waals surface area contributed by atoms with E-state index in [1.807, 2.05) is 30.3 Å². The largest absolute Gasteiger partial charge is 0.383 e. The minimum atomic E-state index is 0.0465. The fourth-order valence-electron chi connectivity index (χ4n) is 1.08. The van der Waals surface area contributed by atoms with Gasteiger partial charge in [-0.2, -0.15) is 0 Å². The molecule has 72 valence electrons. The molecule has 1 aromatic carbocycles. The van der Waals surface area contributed by atoms with Crippen LogP contribution in [0.25, 0.3) is 0 Å². The van der Waals surface area contributed by atoms with E-state index in [1.54, 1.807) is 7.11 Å². The summed E-state index contributed by atoms with van der Waals surface area (Å²) in [4.78, 5) is 0. The normalized spacial score (nSPS) is 12.5. The second-order valence-electron chi connectivity index (χ2n) is 2.96. The summed E-state index contributed by atoms with van der Waals surface area (Å²) in [5.41, 5.74) is 6.84. The van der Waals surface area contributed by atoms with Crippen LogP contribution in [0.4, 0.5) is 5.69 Å². The molecule has 0 saturated heterocycles. The molecule has 0 heterocycles. The van der Waals surface area contributed by atoms with Crippen molar-refractivity contribution >= 4 is 5.69 Å². The van der Waals surface area contributed by atoms with E-state index < -0.39 is 0 Å². The summed E-state index contributed by atoms with van der Waals surface area (Å²) >= 11 is 0. The first-order valence-corrected chi connectivity index (χ1v) is 4.36. The van der Waals surface area contributed by atoms with E-state index in [9.17, 15) is 0 Å². The highest BCUT2D eigenvalue weighted by Gasteiger charge is 1.99. The number of nitrogens with two attached hydrogens (primary N) is 1. The summed E-state index contributed by atoms with van der Waals surface area (Å²) in [6.45, 7) is 1.32. The number of rotatable bonds is 5. The molecular weight excluding hydrogens is 164 g/mol. The van der Waals surface area contributed by atoms with Crippen LogP contribution in [-0.4, -0.2) is 26.3 Å². The van der Waals surface area contributed by atoms with Gasteiger partial charge in [0.1, 0.15) is 0 Å². The molecule has 1 unspecified atom stereocenters. The first kappa shape index (κ1) is 10.0. The van der Waals surface area contributed by atoms with Crippen molar-refractivity contribution in [2.75, 3.05) is 25.6 Å². The molecule has 3 nitrogen and oxygen atoms in total. The van der Waals surface area contributed by atoms with E-state index in [-0.39, 0.29) is 6.04 Å². The van der Waals surface area contributed by atoms with Gasteiger partial charge in [-0.05, 0) is 12.1 Å². The maximum atomic E-state index is 5.74. The Morgan fingerprint density at radius 3 is 2.69 bits per heavy atom. The number of anilines is 1. The summed E-state index contributed by atoms with van der Waals surface area (Å²) in [5.74, 6) is 0. The molecule has 0 amide bonds. The molecule has 0 radical (unpaired) electrons. The Morgan fingerprint density at radius 1 is 1.38 bits per heavy atom. The summed E-state index contributed by atoms with van der Waals surface area (Å²) in [6.07, 6.45) is 0. The minimum absolute atomic E-state index is 0.0465. The van der Waals surface area contributed by atoms with Crippen LogP contribution in [0, 0.1) is 0 Å². The summed E-state index contributed by atoms with van der Waals surface area (Å²) < 4.78 is 4.93. The second kappa shape index (κ2) is 5.56. The molecule has 0 aliphatic heterocycles. The molecule has 1 rings (SSSR count). The van der Waals surface area contributed by atoms with Crippen molar-refractivity contribution in [1.82, 2.24) is 0 Å². The van der Waals surface area contributed by atoms with E-state index in [1.165, 1.54) is 0 Å². The lowest BCUT2D eigenvalue weighted by Gasteiger charge is -2.12. The lowest BCUT2D eigenvalue weighted by molar-refractivity contribution is 0.183. The van der Waals surface area contributed by atoms with Gasteiger partial charge in [0.05, 0.1) is 6.61 Å². The monoisotopic (exact) mass is 180 g/mol. The maximum Gasteiger partial charge on any atom is 0.0630 e. The van der Waals surface area contributed by atoms with E-state index in [0.29, 0.717) is 6.61 Å². The quantitative estimate of drug-likeness (QED) is 0.712. The Labute approximate surface area is 78.9 Å². The molecule has 3 N–H and O–H groups in total. The van der Waals surface area contributed by atoms with Gasteiger partial charge in [0, 0.05) is 25.4 Å². The van der Waals surface area contributed by atoms with Crippen molar-refractivity contribution in [2.24, 2.45) is 5.73 Å². The van der Waals surface area contributed by atoms with Crippen LogP contribution in [0.3, 0.4) is 0 Å². The smallest absolute Gasteiger partial charge is 0.0630 e. The van der Waals surface area contributed by atoms with Gasteiger partial charge in [-0.1, -0.05) is 18.2 Å². The average Bonchev–Trinajstić information content (AvgIpc) is 2.17. The van der Waals surface area contributed by atoms with E-state index in [0.717, 1.165) is 12.2 Å². The zero-order valence-corrected chi connectivity index (χ0v) is 7.86. The molecule has 0 fully saturated rings. The average molecular weight is 180 g/mol. The van der Waals surface area contributed by atoms with Gasteiger partial charge in [-0.15, -0.1) is 0 Å². The molecule has 0 aromatic heterocycles. The van der Waals surface area contributed by atoms with Crippen LogP contribution in [0.1, 0.15) is 0 Å². The molecular formula is C10H16N2O. The molecule has 1 aromatic rings. The molecule has 0 bridgehead atoms. The predicted octanol–water partition coefficient (Wildman–Crippen LogP) is 1.07. The van der Waals surface area contributed by atoms with Gasteiger partial charge in [-0.3, -0.25) is 0 Å². The maximum absolute atomic E-state index is 5.74. The zero-order chi connectivity index (χ0) is 9.52. The second-order valence-corrected chi connectivity index (χ2v) is 2.96. The van der Waals surface area contributed by atoms with Crippen molar-refractivity contribution in [3.63, 3.8) is 0 Å². The fourth-order valence-corrected chi connectivity index (χ4v) is 1.08. The van der Waals surface area contributed by atoms with Crippen LogP contribution in [0.5, 0.6) is 0 Å². The SMILES string of the molecule is COCC(N)CNc1ccccc1. The standard InChI is InChI=1S/C10H16N2O/c1-13-8-9(11)7-12-10-5-3-2-4-6-10/h2-6,9,12H,7-8,11H2,1H3. The Hall–Kier alpha value is -1.06. The van der Waals surface area contributed by atoms with Gasteiger partial charge in [-0.25, -0.2) is 0 Å². The van der Waals surface area contributed by atoms with Gasteiger partial charge in [0.15, 0.2) is 0 Å². The lowest BCUT2D eigenvalue weighted by atomic mass is 10.3. The number of benzene rings is 1. The van der Waals surface area contributed by atoms with Crippen LogP contribution in [0.15, 0.2) is 30.3 Å². The van der Waals surface area contributed by atoms with Crippen LogP contribution in [-0.2, 0) is 4.74 Å². The molecule has 1 atom stereocenters. The Balaban J connectivity index is 2.27. The Bertz CT molecular complexity index is 226. The number of hydrogen-bond acceptors (Lipinski definition) is 3. The Morgan fingerprint density at radius 2 is 2.08 bits per heavy atom. The van der Waals surface area contributed by atoms with E-state index in [4.69, 9.17) is 10.5 Å². The van der Waals surface area contributed by atoms with Crippen LogP contribution >= 0.6 is 0 Å². The van der Waals surface area contributed by atoms with Crippen molar-refractivity contribution in [3.8, 4) is 0 Å². The summed E-state index contributed by atoms with van der Waals surface area (Å²) in [7, 11) is 1.66. The minimum Gasteiger partial charge on any atom is -0.383 e. The molecule has 0 spiro atoms. The number of hydrogen-bond donors (Lipinski definition) is 2. The molecule has 13 heavy (non-hydrogen) atoms. The topological polar surface area (TPSA) is 47.3 Å². The van der Waals surface area contributed by atoms with Gasteiger partial charge < -0.3 is 15.8 Å². The number of ether oxygens (including phenoxy) is 1. The first-order chi connectivity index (χ1) is 6.33. The molecule has 0 saturated carbocycles. The third-order valence-electron chi connectivity index (χ3n) is 1.72. The van der Waals surface area contributed by atoms with Gasteiger partial charge in [0.2, 0.25) is 0 Å². The Kier molecular flexibility index (Phi) is 4.29. The summed E-state index contributed by atoms with van der Waals surface area (Å²) in [6, 6.07) is 10.0. The number of methoxy groups -OCH3 is 1. The predicted molar refractivity (Wildman–Crippen MR) is 54.8 cm³/mol. The third-order valence-corrected chi connectivity index (χ3v) is 1.72. The first-order valence-electron chi connectivity index (χ1n) is 4.36. The fraction of sp³-hybridized carbons (Fsp3) is 0.400. The number of nitrogens with one attached hydrogen (secondary N) is 1. The van der Waals surface area contributed by atoms with Gasteiger partial charge in [0.25, 0.3) is 0 Å². The van der Waals surface area contributed by atoms with Crippen LogP contribution in [0.2, 0.25) is 0 Å². The molecule has 0 aliphatic rings. The third kappa shape index (κ3) is 3.92. The lowest BCUT2D eigenvalue weighted by Crippen LogP contribution is -2.33. The number of para-hydroxylation sites is 1. The van der Waals surface area contributed by atoms with E-state index in [2.05, 4.69) is 5.32 Å². The van der Waals surface area contributed by atoms with Crippen molar-refractivity contribution < 1.29 is 4.74 Å². The molecule has 3 heteroatoms. The highest BCUT2D eigenvalue weighted by Crippen LogP contribution is 2.03. The van der Waals surface area contributed by atoms with Crippen molar-refractivity contribution in [3.05, 3.63) is 30.3 Å². The zero-order valence-electron chi connectivity index (χ0n) is 7.86.